The van der Waals surface area contributed by atoms with Gasteiger partial charge in [-0.3, -0.25) is 9.89 Å². The van der Waals surface area contributed by atoms with Crippen molar-refractivity contribution in [2.75, 3.05) is 7.11 Å². The van der Waals surface area contributed by atoms with E-state index in [0.29, 0.717) is 23.1 Å². The van der Waals surface area contributed by atoms with Gasteiger partial charge >= 0.3 is 0 Å². The fourth-order valence-corrected chi connectivity index (χ4v) is 3.10. The molecule has 0 radical (unpaired) electrons. The molecule has 0 aliphatic rings. The molecule has 11 heteroatoms. The van der Waals surface area contributed by atoms with Gasteiger partial charge in [-0.2, -0.15) is 0 Å². The van der Waals surface area contributed by atoms with E-state index in [1.54, 1.807) is 6.92 Å². The molecule has 1 amide bonds. The highest BCUT2D eigenvalue weighted by molar-refractivity contribution is 6.34. The van der Waals surface area contributed by atoms with Crippen LogP contribution in [0.15, 0.2) is 41.0 Å². The Morgan fingerprint density at radius 1 is 1.30 bits per heavy atom. The molecule has 33 heavy (non-hydrogen) atoms. The zero-order chi connectivity index (χ0) is 24.1. The molecule has 1 aromatic heterocycles. The minimum absolute atomic E-state index is 0.0104. The maximum Gasteiger partial charge on any atom is 0.260 e. The van der Waals surface area contributed by atoms with Gasteiger partial charge in [-0.15, -0.1) is 5.10 Å². The first-order valence-corrected chi connectivity index (χ1v) is 9.76. The lowest BCUT2D eigenvalue weighted by atomic mass is 10.1. The van der Waals surface area contributed by atoms with Crippen molar-refractivity contribution in [3.8, 4) is 11.6 Å². The molecule has 2 N–H and O–H groups in total. The van der Waals surface area contributed by atoms with E-state index in [1.807, 2.05) is 0 Å². The Morgan fingerprint density at radius 2 is 2.06 bits per heavy atom. The Morgan fingerprint density at radius 3 is 2.73 bits per heavy atom. The van der Waals surface area contributed by atoms with Gasteiger partial charge in [0.25, 0.3) is 5.91 Å². The Balaban J connectivity index is 1.82. The average molecular weight is 479 g/mol. The molecule has 0 aliphatic heterocycles. The largest absolute Gasteiger partial charge is 0.486 e. The van der Waals surface area contributed by atoms with Crippen molar-refractivity contribution in [1.29, 1.82) is 0 Å². The smallest absolute Gasteiger partial charge is 0.260 e. The van der Waals surface area contributed by atoms with Gasteiger partial charge in [0.15, 0.2) is 17.4 Å². The van der Waals surface area contributed by atoms with Crippen molar-refractivity contribution >= 4 is 36.1 Å². The minimum Gasteiger partial charge on any atom is -0.486 e. The summed E-state index contributed by atoms with van der Waals surface area (Å²) in [6, 6.07) is 5.39. The lowest BCUT2D eigenvalue weighted by Gasteiger charge is -2.13. The van der Waals surface area contributed by atoms with E-state index in [4.69, 9.17) is 21.1 Å². The molecule has 0 saturated heterocycles. The summed E-state index contributed by atoms with van der Waals surface area (Å²) in [5.41, 5.74) is 0.272. The van der Waals surface area contributed by atoms with Crippen molar-refractivity contribution in [3.05, 3.63) is 75.2 Å². The number of carbonyl (C=O) groups is 1. The van der Waals surface area contributed by atoms with Crippen LogP contribution in [0.2, 0.25) is 5.02 Å². The number of ether oxygens (including phenoxy) is 2. The van der Waals surface area contributed by atoms with Crippen molar-refractivity contribution in [1.82, 2.24) is 15.5 Å². The van der Waals surface area contributed by atoms with Crippen LogP contribution in [0.5, 0.6) is 11.6 Å². The van der Waals surface area contributed by atoms with Crippen molar-refractivity contribution in [2.45, 2.75) is 13.5 Å². The lowest BCUT2D eigenvalue weighted by molar-refractivity contribution is 0.0961. The number of aliphatic imine (C=N–C) groups is 1. The average Bonchev–Trinajstić information content (AvgIpc) is 3.15. The van der Waals surface area contributed by atoms with Crippen LogP contribution in [0.1, 0.15) is 28.4 Å². The summed E-state index contributed by atoms with van der Waals surface area (Å²) < 4.78 is 52.3. The molecule has 0 spiro atoms. The number of benzene rings is 2. The predicted molar refractivity (Wildman–Crippen MR) is 118 cm³/mol. The standard InChI is InChI=1S/C22H18ClF3N4O3/c1-11(8-14-20(27-2)29-30-22(14)32-3)28-21(31)18-15(23)6-7-17(19(18)26)33-10-12-4-5-13(24)9-16(12)25/h4-9H,2,10H2,1,3H3,(H,28,31)(H,29,30)/b11-8+. The number of carbonyl (C=O) groups excluding carboxylic acids is 1. The van der Waals surface area contributed by atoms with Gasteiger partial charge in [0, 0.05) is 17.3 Å². The quantitative estimate of drug-likeness (QED) is 0.436. The molecule has 0 fully saturated rings. The zero-order valence-electron chi connectivity index (χ0n) is 17.5. The van der Waals surface area contributed by atoms with E-state index in [1.165, 1.54) is 31.4 Å². The number of hydrogen-bond donors (Lipinski definition) is 2. The van der Waals surface area contributed by atoms with Crippen molar-refractivity contribution in [3.63, 3.8) is 0 Å². The third-order valence-electron chi connectivity index (χ3n) is 4.45. The van der Waals surface area contributed by atoms with Gasteiger partial charge in [0.2, 0.25) is 5.88 Å². The SMILES string of the molecule is C=Nc1[nH]nc(OC)c1/C=C(\C)NC(=O)c1c(Cl)ccc(OCc2ccc(F)cc2F)c1F. The molecule has 2 aromatic carbocycles. The second kappa shape index (κ2) is 10.2. The maximum atomic E-state index is 15.0. The predicted octanol–water partition coefficient (Wildman–Crippen LogP) is 5.19. The number of hydrogen-bond acceptors (Lipinski definition) is 5. The topological polar surface area (TPSA) is 88.6 Å². The van der Waals surface area contributed by atoms with Crippen LogP contribution in [0, 0.1) is 17.5 Å². The monoisotopic (exact) mass is 478 g/mol. The highest BCUT2D eigenvalue weighted by Gasteiger charge is 2.21. The number of aromatic nitrogens is 2. The highest BCUT2D eigenvalue weighted by atomic mass is 35.5. The number of allylic oxidation sites excluding steroid dienone is 1. The van der Waals surface area contributed by atoms with Crippen molar-refractivity contribution < 1.29 is 27.4 Å². The second-order valence-electron chi connectivity index (χ2n) is 6.69. The highest BCUT2D eigenvalue weighted by Crippen LogP contribution is 2.30. The zero-order valence-corrected chi connectivity index (χ0v) is 18.3. The molecule has 172 valence electrons. The van der Waals surface area contributed by atoms with Gasteiger partial charge in [0.05, 0.1) is 23.3 Å². The molecule has 7 nitrogen and oxygen atoms in total. The van der Waals surface area contributed by atoms with Crippen LogP contribution in [-0.4, -0.2) is 29.9 Å². The van der Waals surface area contributed by atoms with Gasteiger partial charge in [0.1, 0.15) is 18.2 Å². The summed E-state index contributed by atoms with van der Waals surface area (Å²) in [4.78, 5) is 16.5. The Labute approximate surface area is 191 Å². The molecular formula is C22H18ClF3N4O3. The Hall–Kier alpha value is -3.79. The third-order valence-corrected chi connectivity index (χ3v) is 4.77. The number of nitrogens with zero attached hydrogens (tertiary/aromatic N) is 2. The number of rotatable bonds is 8. The first-order valence-electron chi connectivity index (χ1n) is 9.38. The molecule has 3 aromatic rings. The van der Waals surface area contributed by atoms with E-state index in [2.05, 4.69) is 27.2 Å². The van der Waals surface area contributed by atoms with Gasteiger partial charge in [-0.05, 0) is 44.0 Å². The van der Waals surface area contributed by atoms with E-state index >= 15 is 4.39 Å². The molecule has 0 unspecified atom stereocenters. The molecule has 0 bridgehead atoms. The molecule has 0 aliphatic carbocycles. The Kier molecular flexibility index (Phi) is 7.39. The summed E-state index contributed by atoms with van der Waals surface area (Å²) in [6.07, 6.45) is 1.51. The number of halogens is 4. The number of amides is 1. The molecular weight excluding hydrogens is 461 g/mol. The van der Waals surface area contributed by atoms with Crippen LogP contribution in [0.4, 0.5) is 19.0 Å². The first kappa shape index (κ1) is 23.9. The van der Waals surface area contributed by atoms with Crippen LogP contribution >= 0.6 is 11.6 Å². The van der Waals surface area contributed by atoms with E-state index in [0.717, 1.165) is 6.07 Å². The van der Waals surface area contributed by atoms with Crippen molar-refractivity contribution in [2.24, 2.45) is 4.99 Å². The summed E-state index contributed by atoms with van der Waals surface area (Å²) >= 11 is 6.04. The van der Waals surface area contributed by atoms with Crippen LogP contribution in [-0.2, 0) is 6.61 Å². The fraction of sp³-hybridized carbons (Fsp3) is 0.136. The number of H-pyrrole nitrogens is 1. The summed E-state index contributed by atoms with van der Waals surface area (Å²) in [5, 5.41) is 8.88. The molecule has 0 saturated carbocycles. The van der Waals surface area contributed by atoms with Gasteiger partial charge < -0.3 is 14.8 Å². The van der Waals surface area contributed by atoms with E-state index in [9.17, 15) is 13.6 Å². The number of aromatic amines is 1. The maximum absolute atomic E-state index is 15.0. The molecule has 1 heterocycles. The summed E-state index contributed by atoms with van der Waals surface area (Å²) in [7, 11) is 1.41. The summed E-state index contributed by atoms with van der Waals surface area (Å²) in [5.74, 6) is -3.27. The van der Waals surface area contributed by atoms with Crippen LogP contribution < -0.4 is 14.8 Å². The Bertz CT molecular complexity index is 1240. The van der Waals surface area contributed by atoms with E-state index < -0.39 is 28.9 Å². The van der Waals surface area contributed by atoms with Gasteiger partial charge in [-0.1, -0.05) is 11.6 Å². The fourth-order valence-electron chi connectivity index (χ4n) is 2.87. The van der Waals surface area contributed by atoms with Gasteiger partial charge in [-0.25, -0.2) is 18.2 Å². The lowest BCUT2D eigenvalue weighted by Crippen LogP contribution is -2.23. The summed E-state index contributed by atoms with van der Waals surface area (Å²) in [6.45, 7) is 4.59. The molecule has 3 rings (SSSR count). The third kappa shape index (κ3) is 5.35. The number of methoxy groups -OCH3 is 1. The minimum atomic E-state index is -1.04. The first-order chi connectivity index (χ1) is 15.7. The normalized spacial score (nSPS) is 11.3. The van der Waals surface area contributed by atoms with Crippen LogP contribution in [0.25, 0.3) is 6.08 Å². The molecule has 0 atom stereocenters. The second-order valence-corrected chi connectivity index (χ2v) is 7.10. The van der Waals surface area contributed by atoms with Crippen LogP contribution in [0.3, 0.4) is 0 Å². The number of nitrogens with one attached hydrogen (secondary N) is 2. The van der Waals surface area contributed by atoms with E-state index in [-0.39, 0.29) is 28.8 Å².